The average Bonchev–Trinajstić information content (AvgIpc) is 3.17. The van der Waals surface area contributed by atoms with Crippen LogP contribution < -0.4 is 5.32 Å². The highest BCUT2D eigenvalue weighted by atomic mass is 16.5. The summed E-state index contributed by atoms with van der Waals surface area (Å²) < 4.78 is 6.61. The Labute approximate surface area is 176 Å². The maximum absolute atomic E-state index is 12.8. The molecule has 1 saturated heterocycles. The summed E-state index contributed by atoms with van der Waals surface area (Å²) in [6.45, 7) is 4.27. The van der Waals surface area contributed by atoms with Crippen LogP contribution in [0.4, 0.5) is 0 Å². The third kappa shape index (κ3) is 4.64. The van der Waals surface area contributed by atoms with Crippen LogP contribution in [0.2, 0.25) is 0 Å². The molecule has 0 aromatic carbocycles. The van der Waals surface area contributed by atoms with Gasteiger partial charge in [-0.3, -0.25) is 4.79 Å². The van der Waals surface area contributed by atoms with Crippen LogP contribution in [0.1, 0.15) is 90.4 Å². The van der Waals surface area contributed by atoms with E-state index in [1.165, 1.54) is 64.2 Å². The molecule has 5 nitrogen and oxygen atoms in total. The summed E-state index contributed by atoms with van der Waals surface area (Å²) in [5, 5.41) is 13.0. The molecule has 5 heteroatoms. The van der Waals surface area contributed by atoms with Crippen molar-refractivity contribution in [1.82, 2.24) is 10.2 Å². The molecular weight excluding hydrogens is 362 g/mol. The van der Waals surface area contributed by atoms with Gasteiger partial charge in [-0.25, -0.2) is 0 Å². The first kappa shape index (κ1) is 21.1. The number of nitriles is 1. The summed E-state index contributed by atoms with van der Waals surface area (Å²) in [7, 11) is 0. The van der Waals surface area contributed by atoms with Crippen molar-refractivity contribution in [3.05, 3.63) is 0 Å². The molecule has 0 spiro atoms. The van der Waals surface area contributed by atoms with E-state index in [4.69, 9.17) is 4.74 Å². The molecule has 0 aromatic rings. The van der Waals surface area contributed by atoms with Gasteiger partial charge in [-0.2, -0.15) is 5.26 Å². The second-order valence-electron chi connectivity index (χ2n) is 10.4. The van der Waals surface area contributed by atoms with Gasteiger partial charge in [0.05, 0.1) is 18.2 Å². The standard InChI is InChI=1S/C24H39N3O2/c1-2-3-4-5-6-10-29-24-14-19-11-20(15-24)13-23(12-19,18-24)26-17-22(28)27-9-7-8-21(27)16-25/h19-21,26H,2-15,17-18H2,1H3/t19-,20?,21-,23?,24?/m0/s1. The Morgan fingerprint density at radius 3 is 2.66 bits per heavy atom. The monoisotopic (exact) mass is 401 g/mol. The second kappa shape index (κ2) is 8.94. The zero-order valence-electron chi connectivity index (χ0n) is 18.3. The van der Waals surface area contributed by atoms with Crippen molar-refractivity contribution >= 4 is 5.91 Å². The van der Waals surface area contributed by atoms with Crippen molar-refractivity contribution in [3.63, 3.8) is 0 Å². The van der Waals surface area contributed by atoms with Crippen molar-refractivity contribution in [1.29, 1.82) is 5.26 Å². The molecule has 1 heterocycles. The zero-order valence-corrected chi connectivity index (χ0v) is 18.3. The van der Waals surface area contributed by atoms with Crippen LogP contribution in [-0.4, -0.2) is 47.7 Å². The Hall–Kier alpha value is -1.12. The third-order valence-electron chi connectivity index (χ3n) is 8.00. The van der Waals surface area contributed by atoms with E-state index in [-0.39, 0.29) is 23.1 Å². The number of nitrogens with one attached hydrogen (secondary N) is 1. The number of likely N-dealkylation sites (tertiary alicyclic amines) is 1. The molecule has 5 rings (SSSR count). The minimum atomic E-state index is -0.219. The van der Waals surface area contributed by atoms with E-state index in [1.807, 2.05) is 0 Å². The molecule has 1 N–H and O–H groups in total. The van der Waals surface area contributed by atoms with Gasteiger partial charge in [0.15, 0.2) is 0 Å². The fourth-order valence-electron chi connectivity index (χ4n) is 7.11. The van der Waals surface area contributed by atoms with Crippen molar-refractivity contribution < 1.29 is 9.53 Å². The Morgan fingerprint density at radius 1 is 1.17 bits per heavy atom. The van der Waals surface area contributed by atoms with Gasteiger partial charge in [-0.15, -0.1) is 0 Å². The normalized spacial score (nSPS) is 37.8. The van der Waals surface area contributed by atoms with Gasteiger partial charge < -0.3 is 15.0 Å². The first-order chi connectivity index (χ1) is 14.1. The molecule has 5 fully saturated rings. The van der Waals surface area contributed by atoms with E-state index in [1.54, 1.807) is 4.90 Å². The molecule has 0 aromatic heterocycles. The molecule has 4 aliphatic carbocycles. The van der Waals surface area contributed by atoms with Gasteiger partial charge >= 0.3 is 0 Å². The molecule has 4 bridgehead atoms. The number of rotatable bonds is 10. The highest BCUT2D eigenvalue weighted by Crippen LogP contribution is 2.58. The SMILES string of the molecule is CCCCCCCOC12CC3C[C@@H](CC(NCC(=O)N4CCC[C@H]4C#N)(C3)C1)C2. The molecule has 1 amide bonds. The lowest BCUT2D eigenvalue weighted by Crippen LogP contribution is -2.66. The Kier molecular flexibility index (Phi) is 6.51. The lowest BCUT2D eigenvalue weighted by atomic mass is 9.51. The smallest absolute Gasteiger partial charge is 0.237 e. The Balaban J connectivity index is 1.32. The van der Waals surface area contributed by atoms with E-state index in [2.05, 4.69) is 18.3 Å². The lowest BCUT2D eigenvalue weighted by Gasteiger charge is -2.62. The number of carbonyl (C=O) groups is 1. The number of ether oxygens (including phenoxy) is 1. The van der Waals surface area contributed by atoms with Crippen molar-refractivity contribution in [2.75, 3.05) is 19.7 Å². The van der Waals surface area contributed by atoms with Gasteiger partial charge in [0.1, 0.15) is 6.04 Å². The number of hydrogen-bond donors (Lipinski definition) is 1. The molecular formula is C24H39N3O2. The Bertz CT molecular complexity index is 614. The minimum absolute atomic E-state index is 0.0493. The molecule has 1 aliphatic heterocycles. The van der Waals surface area contributed by atoms with Crippen LogP contribution in [0.5, 0.6) is 0 Å². The predicted octanol–water partition coefficient (Wildman–Crippen LogP) is 4.17. The first-order valence-corrected chi connectivity index (χ1v) is 12.2. The molecule has 5 atom stereocenters. The minimum Gasteiger partial charge on any atom is -0.375 e. The largest absolute Gasteiger partial charge is 0.375 e. The van der Waals surface area contributed by atoms with Gasteiger partial charge in [-0.05, 0) is 69.6 Å². The number of carbonyl (C=O) groups excluding carboxylic acids is 1. The molecule has 3 unspecified atom stereocenters. The van der Waals surface area contributed by atoms with Gasteiger partial charge in [0.2, 0.25) is 5.91 Å². The lowest BCUT2D eigenvalue weighted by molar-refractivity contribution is -0.177. The maximum atomic E-state index is 12.8. The van der Waals surface area contributed by atoms with Crippen molar-refractivity contribution in [3.8, 4) is 6.07 Å². The molecule has 4 saturated carbocycles. The topological polar surface area (TPSA) is 65.4 Å². The van der Waals surface area contributed by atoms with Crippen LogP contribution in [0.25, 0.3) is 0 Å². The van der Waals surface area contributed by atoms with E-state index in [9.17, 15) is 10.1 Å². The highest BCUT2D eigenvalue weighted by Gasteiger charge is 2.58. The van der Waals surface area contributed by atoms with E-state index < -0.39 is 0 Å². The fourth-order valence-corrected chi connectivity index (χ4v) is 7.11. The molecule has 5 aliphatic rings. The second-order valence-corrected chi connectivity index (χ2v) is 10.4. The summed E-state index contributed by atoms with van der Waals surface area (Å²) in [6.07, 6.45) is 15.4. The summed E-state index contributed by atoms with van der Waals surface area (Å²) in [5.41, 5.74) is 0.123. The van der Waals surface area contributed by atoms with Crippen LogP contribution in [0, 0.1) is 23.2 Å². The zero-order chi connectivity index (χ0) is 20.3. The van der Waals surface area contributed by atoms with E-state index in [0.717, 1.165) is 44.2 Å². The third-order valence-corrected chi connectivity index (χ3v) is 8.00. The quantitative estimate of drug-likeness (QED) is 0.558. The maximum Gasteiger partial charge on any atom is 0.237 e. The van der Waals surface area contributed by atoms with Gasteiger partial charge in [-0.1, -0.05) is 32.6 Å². The fraction of sp³-hybridized carbons (Fsp3) is 0.917. The van der Waals surface area contributed by atoms with Crippen LogP contribution in [0.3, 0.4) is 0 Å². The summed E-state index contributed by atoms with van der Waals surface area (Å²) >= 11 is 0. The summed E-state index contributed by atoms with van der Waals surface area (Å²) in [5.74, 6) is 1.60. The number of nitrogens with zero attached hydrogens (tertiary/aromatic N) is 2. The van der Waals surface area contributed by atoms with E-state index >= 15 is 0 Å². The van der Waals surface area contributed by atoms with Gasteiger partial charge in [0.25, 0.3) is 0 Å². The molecule has 162 valence electrons. The molecule has 29 heavy (non-hydrogen) atoms. The summed E-state index contributed by atoms with van der Waals surface area (Å²) in [6, 6.07) is 2.07. The van der Waals surface area contributed by atoms with E-state index in [0.29, 0.717) is 6.54 Å². The number of unbranched alkanes of at least 4 members (excludes halogenated alkanes) is 4. The number of hydrogen-bond acceptors (Lipinski definition) is 4. The van der Waals surface area contributed by atoms with Gasteiger partial charge in [0, 0.05) is 18.7 Å². The Morgan fingerprint density at radius 2 is 1.93 bits per heavy atom. The van der Waals surface area contributed by atoms with Crippen molar-refractivity contribution in [2.45, 2.75) is 108 Å². The van der Waals surface area contributed by atoms with Crippen LogP contribution >= 0.6 is 0 Å². The first-order valence-electron chi connectivity index (χ1n) is 12.2. The van der Waals surface area contributed by atoms with Crippen LogP contribution in [0.15, 0.2) is 0 Å². The number of amides is 1. The van der Waals surface area contributed by atoms with Crippen LogP contribution in [-0.2, 0) is 9.53 Å². The summed E-state index contributed by atoms with van der Waals surface area (Å²) in [4.78, 5) is 14.6. The average molecular weight is 402 g/mol. The molecule has 0 radical (unpaired) electrons. The van der Waals surface area contributed by atoms with Crippen molar-refractivity contribution in [2.24, 2.45) is 11.8 Å². The highest BCUT2D eigenvalue weighted by molar-refractivity contribution is 5.79. The predicted molar refractivity (Wildman–Crippen MR) is 113 cm³/mol.